The van der Waals surface area contributed by atoms with Crippen LogP contribution in [0.25, 0.3) is 0 Å². The molecule has 0 aromatic heterocycles. The van der Waals surface area contributed by atoms with E-state index < -0.39 is 6.10 Å². The van der Waals surface area contributed by atoms with Crippen LogP contribution in [0, 0.1) is 13.8 Å². The number of carbonyl (C=O) groups is 2. The molecule has 0 aliphatic carbocycles. The predicted octanol–water partition coefficient (Wildman–Crippen LogP) is 3.91. The maximum atomic E-state index is 12.3. The molecule has 0 heterocycles. The molecule has 1 amide bonds. The summed E-state index contributed by atoms with van der Waals surface area (Å²) in [7, 11) is 0. The fraction of sp³-hybridized carbons (Fsp3) is 0.263. The van der Waals surface area contributed by atoms with Gasteiger partial charge in [-0.1, -0.05) is 24.3 Å². The predicted molar refractivity (Wildman–Crippen MR) is 91.1 cm³/mol. The Morgan fingerprint density at radius 2 is 1.83 bits per heavy atom. The first-order valence-corrected chi connectivity index (χ1v) is 7.52. The van der Waals surface area contributed by atoms with E-state index in [4.69, 9.17) is 4.74 Å². The standard InChI is InChI=1S/C19H21NO3/c1-12-8-9-13(2)18(10-12)23-15(4)19(22)20-17-7-5-6-16(11-17)14(3)21/h5-11,15H,1-4H3,(H,20,22)/t15-/m0/s1. The van der Waals surface area contributed by atoms with E-state index in [1.165, 1.54) is 6.92 Å². The van der Waals surface area contributed by atoms with Crippen LogP contribution in [0.5, 0.6) is 5.75 Å². The Balaban J connectivity index is 2.07. The minimum atomic E-state index is -0.642. The van der Waals surface area contributed by atoms with Crippen molar-refractivity contribution in [2.24, 2.45) is 0 Å². The summed E-state index contributed by atoms with van der Waals surface area (Å²) in [5.41, 5.74) is 3.20. The summed E-state index contributed by atoms with van der Waals surface area (Å²) in [6.45, 7) is 7.11. The summed E-state index contributed by atoms with van der Waals surface area (Å²) in [6, 6.07) is 12.7. The summed E-state index contributed by atoms with van der Waals surface area (Å²) >= 11 is 0. The average Bonchev–Trinajstić information content (AvgIpc) is 2.51. The van der Waals surface area contributed by atoms with E-state index in [9.17, 15) is 9.59 Å². The summed E-state index contributed by atoms with van der Waals surface area (Å²) in [5, 5.41) is 2.78. The second kappa shape index (κ2) is 7.09. The molecule has 2 aromatic carbocycles. The van der Waals surface area contributed by atoms with Crippen LogP contribution < -0.4 is 10.1 Å². The van der Waals surface area contributed by atoms with Gasteiger partial charge in [0.15, 0.2) is 11.9 Å². The van der Waals surface area contributed by atoms with Crippen LogP contribution in [0.1, 0.15) is 35.3 Å². The minimum Gasteiger partial charge on any atom is -0.481 e. The summed E-state index contributed by atoms with van der Waals surface area (Å²) in [6.07, 6.45) is -0.642. The van der Waals surface area contributed by atoms with Crippen molar-refractivity contribution in [3.8, 4) is 5.75 Å². The van der Waals surface area contributed by atoms with Gasteiger partial charge in [-0.05, 0) is 57.0 Å². The molecule has 0 aliphatic heterocycles. The Hall–Kier alpha value is -2.62. The van der Waals surface area contributed by atoms with Crippen molar-refractivity contribution in [1.29, 1.82) is 0 Å². The molecule has 0 unspecified atom stereocenters. The largest absolute Gasteiger partial charge is 0.481 e. The van der Waals surface area contributed by atoms with Gasteiger partial charge in [-0.25, -0.2) is 0 Å². The highest BCUT2D eigenvalue weighted by Gasteiger charge is 2.16. The second-order valence-electron chi connectivity index (χ2n) is 5.66. The first kappa shape index (κ1) is 16.7. The molecule has 2 rings (SSSR count). The van der Waals surface area contributed by atoms with E-state index in [2.05, 4.69) is 5.32 Å². The summed E-state index contributed by atoms with van der Waals surface area (Å²) < 4.78 is 5.76. The van der Waals surface area contributed by atoms with Crippen LogP contribution in [0.4, 0.5) is 5.69 Å². The number of ether oxygens (including phenoxy) is 1. The molecule has 0 spiro atoms. The molecule has 23 heavy (non-hydrogen) atoms. The van der Waals surface area contributed by atoms with E-state index in [-0.39, 0.29) is 11.7 Å². The van der Waals surface area contributed by atoms with Gasteiger partial charge in [0.25, 0.3) is 5.91 Å². The second-order valence-corrected chi connectivity index (χ2v) is 5.66. The molecule has 2 aromatic rings. The Morgan fingerprint density at radius 1 is 1.09 bits per heavy atom. The number of hydrogen-bond donors (Lipinski definition) is 1. The van der Waals surface area contributed by atoms with E-state index in [1.807, 2.05) is 32.0 Å². The molecule has 1 atom stereocenters. The molecule has 1 N–H and O–H groups in total. The maximum Gasteiger partial charge on any atom is 0.265 e. The van der Waals surface area contributed by atoms with Gasteiger partial charge < -0.3 is 10.1 Å². The lowest BCUT2D eigenvalue weighted by molar-refractivity contribution is -0.122. The third-order valence-corrected chi connectivity index (χ3v) is 3.55. The van der Waals surface area contributed by atoms with Crippen LogP contribution in [-0.2, 0) is 4.79 Å². The fourth-order valence-electron chi connectivity index (χ4n) is 2.14. The van der Waals surface area contributed by atoms with Gasteiger partial charge in [0.1, 0.15) is 5.75 Å². The van der Waals surface area contributed by atoms with Crippen molar-refractivity contribution in [3.05, 3.63) is 59.2 Å². The van der Waals surface area contributed by atoms with Gasteiger partial charge in [-0.2, -0.15) is 0 Å². The van der Waals surface area contributed by atoms with E-state index in [0.717, 1.165) is 11.1 Å². The lowest BCUT2D eigenvalue weighted by Crippen LogP contribution is -2.30. The molecular formula is C19H21NO3. The van der Waals surface area contributed by atoms with Crippen LogP contribution in [0.3, 0.4) is 0 Å². The molecule has 4 heteroatoms. The lowest BCUT2D eigenvalue weighted by atomic mass is 10.1. The highest BCUT2D eigenvalue weighted by Crippen LogP contribution is 2.21. The Bertz CT molecular complexity index is 737. The Labute approximate surface area is 136 Å². The molecular weight excluding hydrogens is 290 g/mol. The molecule has 120 valence electrons. The number of amides is 1. The zero-order chi connectivity index (χ0) is 17.0. The smallest absolute Gasteiger partial charge is 0.265 e. The molecule has 4 nitrogen and oxygen atoms in total. The normalized spacial score (nSPS) is 11.7. The topological polar surface area (TPSA) is 55.4 Å². The Morgan fingerprint density at radius 3 is 2.52 bits per heavy atom. The number of nitrogens with one attached hydrogen (secondary N) is 1. The minimum absolute atomic E-state index is 0.0409. The summed E-state index contributed by atoms with van der Waals surface area (Å²) in [4.78, 5) is 23.7. The third-order valence-electron chi connectivity index (χ3n) is 3.55. The molecule has 0 aliphatic rings. The lowest BCUT2D eigenvalue weighted by Gasteiger charge is -2.17. The monoisotopic (exact) mass is 311 g/mol. The van der Waals surface area contributed by atoms with Crippen molar-refractivity contribution in [2.45, 2.75) is 33.8 Å². The highest BCUT2D eigenvalue weighted by atomic mass is 16.5. The molecule has 0 saturated carbocycles. The van der Waals surface area contributed by atoms with Gasteiger partial charge in [0.05, 0.1) is 0 Å². The first-order chi connectivity index (χ1) is 10.9. The summed E-state index contributed by atoms with van der Waals surface area (Å²) in [5.74, 6) is 0.400. The van der Waals surface area contributed by atoms with Crippen molar-refractivity contribution >= 4 is 17.4 Å². The molecule has 0 fully saturated rings. The van der Waals surface area contributed by atoms with E-state index in [1.54, 1.807) is 31.2 Å². The maximum absolute atomic E-state index is 12.3. The fourth-order valence-corrected chi connectivity index (χ4v) is 2.14. The number of aryl methyl sites for hydroxylation is 2. The average molecular weight is 311 g/mol. The number of benzene rings is 2. The van der Waals surface area contributed by atoms with Gasteiger partial charge >= 0.3 is 0 Å². The quantitative estimate of drug-likeness (QED) is 0.852. The van der Waals surface area contributed by atoms with Crippen LogP contribution >= 0.6 is 0 Å². The number of hydrogen-bond acceptors (Lipinski definition) is 3. The van der Waals surface area contributed by atoms with Gasteiger partial charge in [-0.15, -0.1) is 0 Å². The first-order valence-electron chi connectivity index (χ1n) is 7.52. The molecule has 0 bridgehead atoms. The molecule has 0 saturated heterocycles. The zero-order valence-corrected chi connectivity index (χ0v) is 13.8. The SMILES string of the molecule is CC(=O)c1cccc(NC(=O)[C@H](C)Oc2cc(C)ccc2C)c1. The van der Waals surface area contributed by atoms with Crippen LogP contribution in [0.15, 0.2) is 42.5 Å². The number of carbonyl (C=O) groups excluding carboxylic acids is 2. The van der Waals surface area contributed by atoms with Crippen LogP contribution in [0.2, 0.25) is 0 Å². The van der Waals surface area contributed by atoms with E-state index in [0.29, 0.717) is 17.0 Å². The Kier molecular flexibility index (Phi) is 5.16. The number of anilines is 1. The van der Waals surface area contributed by atoms with Crippen molar-refractivity contribution in [2.75, 3.05) is 5.32 Å². The van der Waals surface area contributed by atoms with Gasteiger partial charge in [0.2, 0.25) is 0 Å². The third kappa shape index (κ3) is 4.42. The molecule has 0 radical (unpaired) electrons. The van der Waals surface area contributed by atoms with E-state index >= 15 is 0 Å². The number of rotatable bonds is 5. The highest BCUT2D eigenvalue weighted by molar-refractivity contribution is 5.98. The van der Waals surface area contributed by atoms with Gasteiger partial charge in [-0.3, -0.25) is 9.59 Å². The van der Waals surface area contributed by atoms with Crippen molar-refractivity contribution in [1.82, 2.24) is 0 Å². The van der Waals surface area contributed by atoms with Crippen molar-refractivity contribution < 1.29 is 14.3 Å². The van der Waals surface area contributed by atoms with Crippen molar-refractivity contribution in [3.63, 3.8) is 0 Å². The van der Waals surface area contributed by atoms with Crippen LogP contribution in [-0.4, -0.2) is 17.8 Å². The number of Topliss-reactive ketones (excluding diaryl/α,β-unsaturated/α-hetero) is 1. The number of ketones is 1. The zero-order valence-electron chi connectivity index (χ0n) is 13.8. The van der Waals surface area contributed by atoms with Gasteiger partial charge in [0, 0.05) is 11.3 Å².